The van der Waals surface area contributed by atoms with Crippen LogP contribution in [0.25, 0.3) is 0 Å². The van der Waals surface area contributed by atoms with Gasteiger partial charge in [0.2, 0.25) is 0 Å². The molecule has 0 radical (unpaired) electrons. The van der Waals surface area contributed by atoms with Crippen molar-refractivity contribution in [3.63, 3.8) is 0 Å². The molecule has 2 aromatic carbocycles. The Morgan fingerprint density at radius 1 is 1.03 bits per heavy atom. The van der Waals surface area contributed by atoms with Crippen molar-refractivity contribution in [2.45, 2.75) is 50.0 Å². The average molecular weight is 500 g/mol. The van der Waals surface area contributed by atoms with E-state index in [1.165, 1.54) is 17.7 Å². The summed E-state index contributed by atoms with van der Waals surface area (Å²) in [6.45, 7) is 4.44. The number of unbranched alkanes of at least 4 members (excludes halogenated alkanes) is 1. The summed E-state index contributed by atoms with van der Waals surface area (Å²) in [7, 11) is -3.85. The predicted octanol–water partition coefficient (Wildman–Crippen LogP) is 3.29. The number of benzene rings is 2. The monoisotopic (exact) mass is 499 g/mol. The summed E-state index contributed by atoms with van der Waals surface area (Å²) in [5, 5.41) is 0. The molecular formula is C26H33N3O5S. The molecule has 1 atom stereocenters. The molecule has 4 rings (SSSR count). The fourth-order valence-electron chi connectivity index (χ4n) is 4.42. The van der Waals surface area contributed by atoms with E-state index < -0.39 is 10.0 Å². The first-order chi connectivity index (χ1) is 16.9. The van der Waals surface area contributed by atoms with Crippen molar-refractivity contribution in [1.29, 1.82) is 0 Å². The Hall–Kier alpha value is -2.91. The number of rotatable bonds is 8. The largest absolute Gasteiger partial charge is 0.368 e. The lowest BCUT2D eigenvalue weighted by atomic mass is 10.1. The zero-order chi connectivity index (χ0) is 24.8. The van der Waals surface area contributed by atoms with Crippen LogP contribution < -0.4 is 4.72 Å². The highest BCUT2D eigenvalue weighted by molar-refractivity contribution is 7.92. The third kappa shape index (κ3) is 6.21. The number of hydrogen-bond donors (Lipinski definition) is 1. The summed E-state index contributed by atoms with van der Waals surface area (Å²) in [5.74, 6) is -0.251. The van der Waals surface area contributed by atoms with Crippen LogP contribution in [0.3, 0.4) is 0 Å². The molecule has 8 nitrogen and oxygen atoms in total. The van der Waals surface area contributed by atoms with Gasteiger partial charge < -0.3 is 14.5 Å². The SMILES string of the molecule is CCCCc1ccc(NS(=O)(=O)c2cccc(C(=O)N3CCN(C(=O)C4CCCO4)CC3)c2)cc1. The number of piperazine rings is 1. The lowest BCUT2D eigenvalue weighted by Gasteiger charge is -2.35. The van der Waals surface area contributed by atoms with Gasteiger partial charge in [-0.3, -0.25) is 14.3 Å². The highest BCUT2D eigenvalue weighted by Gasteiger charge is 2.31. The van der Waals surface area contributed by atoms with Crippen LogP contribution in [0.4, 0.5) is 5.69 Å². The van der Waals surface area contributed by atoms with Gasteiger partial charge in [-0.25, -0.2) is 8.42 Å². The van der Waals surface area contributed by atoms with Crippen molar-refractivity contribution in [1.82, 2.24) is 9.80 Å². The molecule has 1 N–H and O–H groups in total. The third-order valence-electron chi connectivity index (χ3n) is 6.50. The van der Waals surface area contributed by atoms with Gasteiger partial charge in [-0.15, -0.1) is 0 Å². The van der Waals surface area contributed by atoms with Crippen molar-refractivity contribution in [3.05, 3.63) is 59.7 Å². The Morgan fingerprint density at radius 3 is 2.40 bits per heavy atom. The van der Waals surface area contributed by atoms with Crippen LogP contribution in [0.15, 0.2) is 53.4 Å². The van der Waals surface area contributed by atoms with E-state index in [4.69, 9.17) is 4.74 Å². The van der Waals surface area contributed by atoms with Crippen LogP contribution in [-0.4, -0.2) is 68.9 Å². The van der Waals surface area contributed by atoms with Gasteiger partial charge in [0.05, 0.1) is 4.90 Å². The fourth-order valence-corrected chi connectivity index (χ4v) is 5.52. The van der Waals surface area contributed by atoms with Crippen LogP contribution >= 0.6 is 0 Å². The van der Waals surface area contributed by atoms with Crippen LogP contribution in [0, 0.1) is 0 Å². The number of nitrogens with zero attached hydrogens (tertiary/aromatic N) is 2. The summed E-state index contributed by atoms with van der Waals surface area (Å²) in [6.07, 6.45) is 4.44. The molecule has 9 heteroatoms. The zero-order valence-electron chi connectivity index (χ0n) is 20.1. The van der Waals surface area contributed by atoms with E-state index in [0.717, 1.165) is 32.1 Å². The molecule has 1 unspecified atom stereocenters. The Kier molecular flexibility index (Phi) is 8.07. The van der Waals surface area contributed by atoms with Crippen molar-refractivity contribution < 1.29 is 22.7 Å². The van der Waals surface area contributed by atoms with E-state index in [9.17, 15) is 18.0 Å². The van der Waals surface area contributed by atoms with Crippen LogP contribution in [0.2, 0.25) is 0 Å². The predicted molar refractivity (Wildman–Crippen MR) is 134 cm³/mol. The molecule has 2 aliphatic rings. The molecule has 0 bridgehead atoms. The molecule has 2 fully saturated rings. The number of aryl methyl sites for hydroxylation is 1. The molecular weight excluding hydrogens is 466 g/mol. The molecule has 0 aliphatic carbocycles. The number of hydrogen-bond acceptors (Lipinski definition) is 5. The number of sulfonamides is 1. The molecule has 0 spiro atoms. The second-order valence-corrected chi connectivity index (χ2v) is 10.7. The van der Waals surface area contributed by atoms with Gasteiger partial charge in [0, 0.05) is 44.0 Å². The maximum Gasteiger partial charge on any atom is 0.261 e. The number of anilines is 1. The van der Waals surface area contributed by atoms with Gasteiger partial charge >= 0.3 is 0 Å². The van der Waals surface area contributed by atoms with E-state index >= 15 is 0 Å². The molecule has 2 aromatic rings. The quantitative estimate of drug-likeness (QED) is 0.601. The van der Waals surface area contributed by atoms with Crippen molar-refractivity contribution in [3.8, 4) is 0 Å². The third-order valence-corrected chi connectivity index (χ3v) is 7.88. The van der Waals surface area contributed by atoms with E-state index in [-0.39, 0.29) is 22.8 Å². The highest BCUT2D eigenvalue weighted by Crippen LogP contribution is 2.20. The normalized spacial score (nSPS) is 18.5. The van der Waals surface area contributed by atoms with Crippen LogP contribution in [0.5, 0.6) is 0 Å². The zero-order valence-corrected chi connectivity index (χ0v) is 20.9. The molecule has 188 valence electrons. The minimum atomic E-state index is -3.85. The van der Waals surface area contributed by atoms with Gasteiger partial charge in [0.15, 0.2) is 0 Å². The first-order valence-corrected chi connectivity index (χ1v) is 13.8. The summed E-state index contributed by atoms with van der Waals surface area (Å²) in [4.78, 5) is 29.1. The molecule has 2 amide bonds. The number of carbonyl (C=O) groups excluding carboxylic acids is 2. The molecule has 2 aliphatic heterocycles. The topological polar surface area (TPSA) is 96.0 Å². The van der Waals surface area contributed by atoms with Gasteiger partial charge in [0.1, 0.15) is 6.10 Å². The van der Waals surface area contributed by atoms with Crippen molar-refractivity contribution in [2.24, 2.45) is 0 Å². The van der Waals surface area contributed by atoms with Crippen LogP contribution in [-0.2, 0) is 26.0 Å². The second-order valence-electron chi connectivity index (χ2n) is 9.05. The van der Waals surface area contributed by atoms with E-state index in [1.807, 2.05) is 12.1 Å². The van der Waals surface area contributed by atoms with Crippen LogP contribution in [0.1, 0.15) is 48.5 Å². The smallest absolute Gasteiger partial charge is 0.261 e. The maximum absolute atomic E-state index is 13.1. The molecule has 0 saturated carbocycles. The van der Waals surface area contributed by atoms with E-state index in [0.29, 0.717) is 44.0 Å². The summed E-state index contributed by atoms with van der Waals surface area (Å²) in [6, 6.07) is 13.5. The van der Waals surface area contributed by atoms with Crippen molar-refractivity contribution in [2.75, 3.05) is 37.5 Å². The highest BCUT2D eigenvalue weighted by atomic mass is 32.2. The standard InChI is InChI=1S/C26H33N3O5S/c1-2-3-6-20-10-12-22(13-11-20)27-35(32,33)23-8-4-7-21(19-23)25(30)28-14-16-29(17-15-28)26(31)24-9-5-18-34-24/h4,7-8,10-13,19,24,27H,2-3,5-6,9,14-18H2,1H3. The Balaban J connectivity index is 1.38. The minimum Gasteiger partial charge on any atom is -0.368 e. The van der Waals surface area contributed by atoms with Crippen molar-refractivity contribution >= 4 is 27.5 Å². The number of carbonyl (C=O) groups is 2. The Labute approximate surface area is 207 Å². The molecule has 2 heterocycles. The first kappa shape index (κ1) is 25.2. The lowest BCUT2D eigenvalue weighted by Crippen LogP contribution is -2.52. The van der Waals surface area contributed by atoms with Gasteiger partial charge in [-0.05, 0) is 61.6 Å². The Morgan fingerprint density at radius 2 is 1.74 bits per heavy atom. The maximum atomic E-state index is 13.1. The van der Waals surface area contributed by atoms with Gasteiger partial charge in [0.25, 0.3) is 21.8 Å². The molecule has 0 aromatic heterocycles. The van der Waals surface area contributed by atoms with Gasteiger partial charge in [-0.1, -0.05) is 31.5 Å². The molecule has 2 saturated heterocycles. The number of ether oxygens (including phenoxy) is 1. The second kappa shape index (κ2) is 11.2. The minimum absolute atomic E-state index is 0.00726. The summed E-state index contributed by atoms with van der Waals surface area (Å²) in [5.41, 5.74) is 1.95. The average Bonchev–Trinajstić information content (AvgIpc) is 3.42. The molecule has 35 heavy (non-hydrogen) atoms. The van der Waals surface area contributed by atoms with E-state index in [1.54, 1.807) is 34.1 Å². The number of amides is 2. The Bertz CT molecular complexity index is 1140. The summed E-state index contributed by atoms with van der Waals surface area (Å²) >= 11 is 0. The van der Waals surface area contributed by atoms with Gasteiger partial charge in [-0.2, -0.15) is 0 Å². The summed E-state index contributed by atoms with van der Waals surface area (Å²) < 4.78 is 34.0. The first-order valence-electron chi connectivity index (χ1n) is 12.3. The number of nitrogens with one attached hydrogen (secondary N) is 1. The fraction of sp³-hybridized carbons (Fsp3) is 0.462. The lowest BCUT2D eigenvalue weighted by molar-refractivity contribution is -0.142. The van der Waals surface area contributed by atoms with E-state index in [2.05, 4.69) is 11.6 Å².